The van der Waals surface area contributed by atoms with Crippen LogP contribution in [0.5, 0.6) is 0 Å². The van der Waals surface area contributed by atoms with Crippen molar-refractivity contribution >= 4 is 27.3 Å². The van der Waals surface area contributed by atoms with Crippen molar-refractivity contribution in [1.82, 2.24) is 4.31 Å². The summed E-state index contributed by atoms with van der Waals surface area (Å²) in [5.74, 6) is -0.736. The molecule has 0 aromatic heterocycles. The van der Waals surface area contributed by atoms with Crippen molar-refractivity contribution in [3.63, 3.8) is 0 Å². The van der Waals surface area contributed by atoms with Gasteiger partial charge in [-0.2, -0.15) is 4.31 Å². The average molecular weight is 309 g/mol. The zero-order chi connectivity index (χ0) is 14.2. The van der Waals surface area contributed by atoms with Crippen LogP contribution >= 0.6 is 11.6 Å². The Labute approximate surface area is 116 Å². The number of benzene rings is 1. The number of methoxy groups -OCH3 is 1. The van der Waals surface area contributed by atoms with Crippen LogP contribution in [0.4, 0.5) is 10.1 Å². The van der Waals surface area contributed by atoms with Crippen molar-refractivity contribution < 1.29 is 17.5 Å². The Bertz CT molecular complexity index is 594. The van der Waals surface area contributed by atoms with E-state index in [0.29, 0.717) is 13.0 Å². The molecule has 2 N–H and O–H groups in total. The van der Waals surface area contributed by atoms with Gasteiger partial charge in [0.25, 0.3) is 0 Å². The van der Waals surface area contributed by atoms with E-state index in [1.165, 1.54) is 11.4 Å². The fourth-order valence-electron chi connectivity index (χ4n) is 1.99. The highest BCUT2D eigenvalue weighted by molar-refractivity contribution is 7.89. The zero-order valence-corrected chi connectivity index (χ0v) is 11.8. The van der Waals surface area contributed by atoms with Crippen LogP contribution in [0.1, 0.15) is 6.42 Å². The number of ether oxygens (including phenoxy) is 1. The Morgan fingerprint density at radius 2 is 2.21 bits per heavy atom. The minimum Gasteiger partial charge on any atom is -0.396 e. The van der Waals surface area contributed by atoms with E-state index >= 15 is 0 Å². The van der Waals surface area contributed by atoms with Crippen molar-refractivity contribution in [2.24, 2.45) is 0 Å². The lowest BCUT2D eigenvalue weighted by atomic mass is 10.3. The second-order valence-corrected chi connectivity index (χ2v) is 6.63. The summed E-state index contributed by atoms with van der Waals surface area (Å²) in [6.07, 6.45) is 0.482. The number of nitrogens with two attached hydrogens (primary N) is 1. The Morgan fingerprint density at radius 1 is 1.53 bits per heavy atom. The summed E-state index contributed by atoms with van der Waals surface area (Å²) >= 11 is 5.80. The van der Waals surface area contributed by atoms with E-state index in [0.717, 1.165) is 12.1 Å². The standard InChI is InChI=1S/C11H14ClFN2O3S/c1-18-7-2-3-15(6-7)19(16,17)11-5-10(14)9(13)4-8(11)12/h4-5,7H,2-3,6,14H2,1H3. The van der Waals surface area contributed by atoms with E-state index in [1.54, 1.807) is 0 Å². The lowest BCUT2D eigenvalue weighted by molar-refractivity contribution is 0.115. The fourth-order valence-corrected chi connectivity index (χ4v) is 4.00. The van der Waals surface area contributed by atoms with Gasteiger partial charge < -0.3 is 10.5 Å². The number of sulfonamides is 1. The molecule has 5 nitrogen and oxygen atoms in total. The molecular weight excluding hydrogens is 295 g/mol. The summed E-state index contributed by atoms with van der Waals surface area (Å²) in [6, 6.07) is 1.96. The summed E-state index contributed by atoms with van der Waals surface area (Å²) in [5.41, 5.74) is 5.15. The van der Waals surface area contributed by atoms with Crippen LogP contribution in [0.25, 0.3) is 0 Å². The Hall–Kier alpha value is -0.890. The number of anilines is 1. The molecule has 1 atom stereocenters. The van der Waals surface area contributed by atoms with Crippen LogP contribution < -0.4 is 5.73 Å². The molecule has 0 spiro atoms. The molecule has 19 heavy (non-hydrogen) atoms. The molecule has 1 aromatic carbocycles. The predicted octanol–water partition coefficient (Wildman–Crippen LogP) is 1.47. The third-order valence-electron chi connectivity index (χ3n) is 3.11. The number of hydrogen-bond acceptors (Lipinski definition) is 4. The smallest absolute Gasteiger partial charge is 0.244 e. The van der Waals surface area contributed by atoms with Crippen molar-refractivity contribution in [3.05, 3.63) is 23.0 Å². The van der Waals surface area contributed by atoms with Gasteiger partial charge in [0.15, 0.2) is 0 Å². The molecule has 1 fully saturated rings. The molecule has 1 aromatic rings. The monoisotopic (exact) mass is 308 g/mol. The van der Waals surface area contributed by atoms with Gasteiger partial charge in [0.2, 0.25) is 10.0 Å². The normalized spacial score (nSPS) is 20.9. The number of rotatable bonds is 3. The maximum Gasteiger partial charge on any atom is 0.244 e. The van der Waals surface area contributed by atoms with Crippen LogP contribution in [-0.2, 0) is 14.8 Å². The number of hydrogen-bond donors (Lipinski definition) is 1. The van der Waals surface area contributed by atoms with E-state index in [9.17, 15) is 12.8 Å². The summed E-state index contributed by atoms with van der Waals surface area (Å²) in [6.45, 7) is 0.598. The summed E-state index contributed by atoms with van der Waals surface area (Å²) < 4.78 is 44.4. The van der Waals surface area contributed by atoms with Gasteiger partial charge in [0.05, 0.1) is 16.8 Å². The van der Waals surface area contributed by atoms with Crippen molar-refractivity contribution in [1.29, 1.82) is 0 Å². The number of nitrogens with zero attached hydrogens (tertiary/aromatic N) is 1. The van der Waals surface area contributed by atoms with E-state index in [1.807, 2.05) is 0 Å². The van der Waals surface area contributed by atoms with Crippen LogP contribution in [-0.4, -0.2) is 39.0 Å². The maximum atomic E-state index is 13.2. The van der Waals surface area contributed by atoms with Crippen LogP contribution in [0, 0.1) is 5.82 Å². The van der Waals surface area contributed by atoms with Gasteiger partial charge in [-0.25, -0.2) is 12.8 Å². The Morgan fingerprint density at radius 3 is 2.79 bits per heavy atom. The van der Waals surface area contributed by atoms with Gasteiger partial charge >= 0.3 is 0 Å². The van der Waals surface area contributed by atoms with Gasteiger partial charge in [0, 0.05) is 20.2 Å². The van der Waals surface area contributed by atoms with Crippen LogP contribution in [0.3, 0.4) is 0 Å². The van der Waals surface area contributed by atoms with Crippen molar-refractivity contribution in [2.75, 3.05) is 25.9 Å². The molecule has 1 aliphatic rings. The van der Waals surface area contributed by atoms with Gasteiger partial charge in [-0.3, -0.25) is 0 Å². The topological polar surface area (TPSA) is 72.6 Å². The first kappa shape index (κ1) is 14.5. The second-order valence-electron chi connectivity index (χ2n) is 4.31. The quantitative estimate of drug-likeness (QED) is 0.858. The molecule has 0 bridgehead atoms. The number of halogens is 2. The summed E-state index contributed by atoms with van der Waals surface area (Å²) in [5, 5.41) is -0.174. The first-order valence-electron chi connectivity index (χ1n) is 5.63. The third-order valence-corrected chi connectivity index (χ3v) is 5.44. The summed E-state index contributed by atoms with van der Waals surface area (Å²) in [7, 11) is -2.25. The predicted molar refractivity (Wildman–Crippen MR) is 70.0 cm³/mol. The van der Waals surface area contributed by atoms with Gasteiger partial charge in [-0.1, -0.05) is 11.6 Å². The van der Waals surface area contributed by atoms with E-state index in [2.05, 4.69) is 0 Å². The zero-order valence-electron chi connectivity index (χ0n) is 10.3. The lowest BCUT2D eigenvalue weighted by Gasteiger charge is -2.17. The van der Waals surface area contributed by atoms with Crippen molar-refractivity contribution in [2.45, 2.75) is 17.4 Å². The van der Waals surface area contributed by atoms with Crippen LogP contribution in [0.2, 0.25) is 5.02 Å². The largest absolute Gasteiger partial charge is 0.396 e. The molecule has 0 aliphatic carbocycles. The molecule has 8 heteroatoms. The molecular formula is C11H14ClFN2O3S. The highest BCUT2D eigenvalue weighted by atomic mass is 35.5. The molecule has 0 saturated carbocycles. The van der Waals surface area contributed by atoms with Gasteiger partial charge in [0.1, 0.15) is 10.7 Å². The van der Waals surface area contributed by atoms with E-state index in [4.69, 9.17) is 22.1 Å². The van der Waals surface area contributed by atoms with Gasteiger partial charge in [-0.05, 0) is 18.6 Å². The molecule has 0 amide bonds. The van der Waals surface area contributed by atoms with Crippen LogP contribution in [0.15, 0.2) is 17.0 Å². The minimum absolute atomic E-state index is 0.133. The SMILES string of the molecule is COC1CCN(S(=O)(=O)c2cc(N)c(F)cc2Cl)C1. The molecule has 1 heterocycles. The molecule has 1 saturated heterocycles. The molecule has 0 radical (unpaired) electrons. The average Bonchev–Trinajstić information content (AvgIpc) is 2.83. The third kappa shape index (κ3) is 2.69. The fraction of sp³-hybridized carbons (Fsp3) is 0.455. The highest BCUT2D eigenvalue weighted by Gasteiger charge is 2.34. The lowest BCUT2D eigenvalue weighted by Crippen LogP contribution is -2.30. The van der Waals surface area contributed by atoms with Crippen molar-refractivity contribution in [3.8, 4) is 0 Å². The molecule has 1 aliphatic heterocycles. The Balaban J connectivity index is 2.38. The van der Waals surface area contributed by atoms with Gasteiger partial charge in [-0.15, -0.1) is 0 Å². The maximum absolute atomic E-state index is 13.2. The highest BCUT2D eigenvalue weighted by Crippen LogP contribution is 2.30. The molecule has 1 unspecified atom stereocenters. The van der Waals surface area contributed by atoms with E-state index in [-0.39, 0.29) is 28.3 Å². The second kappa shape index (κ2) is 5.24. The molecule has 106 valence electrons. The summed E-state index contributed by atoms with van der Waals surface area (Å²) in [4.78, 5) is -0.176. The minimum atomic E-state index is -3.78. The molecule has 2 rings (SSSR count). The Kier molecular flexibility index (Phi) is 4.00. The number of nitrogen functional groups attached to an aromatic ring is 1. The first-order valence-corrected chi connectivity index (χ1v) is 7.45. The first-order chi connectivity index (χ1) is 8.86. The van der Waals surface area contributed by atoms with E-state index < -0.39 is 15.8 Å².